The minimum Gasteiger partial charge on any atom is -0.497 e. The molecule has 1 heterocycles. The lowest BCUT2D eigenvalue weighted by atomic mass is 9.89. The average molecular weight is 559 g/mol. The Morgan fingerprint density at radius 1 is 1.24 bits per heavy atom. The topological polar surface area (TPSA) is 38.8 Å². The van der Waals surface area contributed by atoms with Crippen molar-refractivity contribution in [3.8, 4) is 5.75 Å². The van der Waals surface area contributed by atoms with Crippen LogP contribution in [-0.4, -0.2) is 30.6 Å². The van der Waals surface area contributed by atoms with Gasteiger partial charge >= 0.3 is 6.18 Å². The van der Waals surface area contributed by atoms with Crippen LogP contribution in [0, 0.1) is 5.92 Å². The van der Waals surface area contributed by atoms with Gasteiger partial charge in [-0.1, -0.05) is 45.7 Å². The number of alkyl halides is 4. The van der Waals surface area contributed by atoms with Gasteiger partial charge in [-0.15, -0.1) is 0 Å². The van der Waals surface area contributed by atoms with E-state index in [1.165, 1.54) is 23.1 Å². The molecule has 4 rings (SSSR count). The number of amides is 1. The fourth-order valence-corrected chi connectivity index (χ4v) is 4.62. The van der Waals surface area contributed by atoms with Gasteiger partial charge in [-0.2, -0.15) is 13.2 Å². The maximum atomic E-state index is 14.9. The molecule has 1 aliphatic heterocycles. The van der Waals surface area contributed by atoms with Crippen molar-refractivity contribution in [3.63, 3.8) is 0 Å². The molecule has 2 aliphatic rings. The number of hydrogen-bond donors (Lipinski definition) is 0. The smallest absolute Gasteiger partial charge is 0.425 e. The van der Waals surface area contributed by atoms with E-state index in [4.69, 9.17) is 21.1 Å². The van der Waals surface area contributed by atoms with Gasteiger partial charge in [0.2, 0.25) is 5.60 Å². The van der Waals surface area contributed by atoms with Crippen molar-refractivity contribution in [2.24, 2.45) is 5.92 Å². The van der Waals surface area contributed by atoms with Crippen LogP contribution in [0.1, 0.15) is 30.4 Å². The molecule has 0 aromatic heterocycles. The summed E-state index contributed by atoms with van der Waals surface area (Å²) in [6, 6.07) is 11.2. The third kappa shape index (κ3) is 4.99. The molecule has 0 unspecified atom stereocenters. The van der Waals surface area contributed by atoms with Crippen molar-refractivity contribution in [1.29, 1.82) is 0 Å². The van der Waals surface area contributed by atoms with Crippen LogP contribution in [0.15, 0.2) is 54.6 Å². The van der Waals surface area contributed by atoms with Gasteiger partial charge in [-0.3, -0.25) is 4.79 Å². The molecule has 1 saturated carbocycles. The number of halogens is 5. The van der Waals surface area contributed by atoms with Gasteiger partial charge in [0.05, 0.1) is 19.3 Å². The number of carbonyl (C=O) groups is 1. The molecule has 34 heavy (non-hydrogen) atoms. The molecule has 0 spiro atoms. The number of allylic oxidation sites excluding steroid dienone is 1. The lowest BCUT2D eigenvalue weighted by Gasteiger charge is -2.35. The summed E-state index contributed by atoms with van der Waals surface area (Å²) in [7, 11) is 1.54. The van der Waals surface area contributed by atoms with E-state index >= 15 is 0 Å². The number of nitrogens with zero attached hydrogens (tertiary/aromatic N) is 1. The van der Waals surface area contributed by atoms with Crippen LogP contribution >= 0.6 is 27.5 Å². The molecular weight excluding hydrogens is 535 g/mol. The Morgan fingerprint density at radius 2 is 1.94 bits per heavy atom. The molecule has 1 amide bonds. The molecule has 0 saturated heterocycles. The van der Waals surface area contributed by atoms with E-state index in [0.29, 0.717) is 11.1 Å². The standard InChI is InChI=1S/C25H24BrClF3NO3/c1-33-19-7-4-17(5-8-19)15-31-21-9-6-18(27)14-20(21)24(25(28,29)30,12-10-16-2-3-16)34-22(11-13-26)23(31)32/h4-10,12,14,16,22H,2-3,11,13,15H2,1H3/t22-,24+/m0/s1. The number of methoxy groups -OCH3 is 1. The van der Waals surface area contributed by atoms with Crippen molar-refractivity contribution < 1.29 is 27.4 Å². The van der Waals surface area contributed by atoms with Crippen LogP contribution in [0.5, 0.6) is 5.75 Å². The molecule has 182 valence electrons. The highest BCUT2D eigenvalue weighted by molar-refractivity contribution is 9.09. The minimum absolute atomic E-state index is 0.0693. The molecular formula is C25H24BrClF3NO3. The van der Waals surface area contributed by atoms with Gasteiger partial charge in [0.25, 0.3) is 5.91 Å². The van der Waals surface area contributed by atoms with Gasteiger partial charge < -0.3 is 14.4 Å². The van der Waals surface area contributed by atoms with Gasteiger partial charge in [0.1, 0.15) is 11.9 Å². The first-order valence-corrected chi connectivity index (χ1v) is 12.4. The summed E-state index contributed by atoms with van der Waals surface area (Å²) >= 11 is 9.45. The first-order chi connectivity index (χ1) is 16.2. The average Bonchev–Trinajstić information content (AvgIpc) is 3.64. The number of anilines is 1. The quantitative estimate of drug-likeness (QED) is 0.277. The third-order valence-electron chi connectivity index (χ3n) is 6.04. The summed E-state index contributed by atoms with van der Waals surface area (Å²) in [5.74, 6) is 0.180. The molecule has 1 aliphatic carbocycles. The van der Waals surface area contributed by atoms with E-state index in [1.54, 1.807) is 37.5 Å². The summed E-state index contributed by atoms with van der Waals surface area (Å²) < 4.78 is 55.5. The van der Waals surface area contributed by atoms with Crippen molar-refractivity contribution in [2.45, 2.75) is 43.7 Å². The number of rotatable bonds is 7. The lowest BCUT2D eigenvalue weighted by Crippen LogP contribution is -2.47. The highest BCUT2D eigenvalue weighted by Gasteiger charge is 2.60. The van der Waals surface area contributed by atoms with Crippen molar-refractivity contribution >= 4 is 39.1 Å². The van der Waals surface area contributed by atoms with Crippen molar-refractivity contribution in [1.82, 2.24) is 0 Å². The van der Waals surface area contributed by atoms with E-state index in [1.807, 2.05) is 0 Å². The highest BCUT2D eigenvalue weighted by Crippen LogP contribution is 2.51. The zero-order valence-corrected chi connectivity index (χ0v) is 20.8. The predicted octanol–water partition coefficient (Wildman–Crippen LogP) is 6.79. The van der Waals surface area contributed by atoms with E-state index in [0.717, 1.165) is 24.5 Å². The number of benzene rings is 2. The van der Waals surface area contributed by atoms with Crippen molar-refractivity contribution in [2.75, 3.05) is 17.3 Å². The Labute approximate surface area is 209 Å². The zero-order valence-electron chi connectivity index (χ0n) is 18.4. The highest BCUT2D eigenvalue weighted by atomic mass is 79.9. The summed E-state index contributed by atoms with van der Waals surface area (Å²) in [5.41, 5.74) is -2.13. The zero-order chi connectivity index (χ0) is 24.5. The van der Waals surface area contributed by atoms with E-state index in [-0.39, 0.29) is 35.2 Å². The molecule has 2 atom stereocenters. The Hall–Kier alpha value is -2.03. The maximum absolute atomic E-state index is 14.9. The largest absolute Gasteiger partial charge is 0.497 e. The van der Waals surface area contributed by atoms with Gasteiger partial charge in [0, 0.05) is 15.9 Å². The minimum atomic E-state index is -4.82. The first kappa shape index (κ1) is 25.1. The Morgan fingerprint density at radius 3 is 2.53 bits per heavy atom. The SMILES string of the molecule is COc1ccc(CN2C(=O)[C@H](CCBr)O[C@@](C=CC3CC3)(C(F)(F)F)c3cc(Cl)ccc32)cc1. The maximum Gasteiger partial charge on any atom is 0.425 e. The molecule has 0 bridgehead atoms. The monoisotopic (exact) mass is 557 g/mol. The van der Waals surface area contributed by atoms with E-state index in [9.17, 15) is 18.0 Å². The van der Waals surface area contributed by atoms with Crippen LogP contribution in [0.4, 0.5) is 18.9 Å². The fourth-order valence-electron chi connectivity index (χ4n) is 4.03. The number of fused-ring (bicyclic) bond motifs is 1. The second kappa shape index (κ2) is 9.91. The molecule has 0 radical (unpaired) electrons. The van der Waals surface area contributed by atoms with Gasteiger partial charge in [0.15, 0.2) is 0 Å². The summed E-state index contributed by atoms with van der Waals surface area (Å²) in [5, 5.41) is 0.434. The number of ether oxygens (including phenoxy) is 2. The van der Waals surface area contributed by atoms with Gasteiger partial charge in [-0.25, -0.2) is 0 Å². The second-order valence-electron chi connectivity index (χ2n) is 8.45. The predicted molar refractivity (Wildman–Crippen MR) is 129 cm³/mol. The van der Waals surface area contributed by atoms with Crippen LogP contribution in [0.25, 0.3) is 0 Å². The number of carbonyl (C=O) groups excluding carboxylic acids is 1. The van der Waals surface area contributed by atoms with Crippen LogP contribution in [0.2, 0.25) is 5.02 Å². The molecule has 9 heteroatoms. The second-order valence-corrected chi connectivity index (χ2v) is 9.68. The molecule has 4 nitrogen and oxygen atoms in total. The Bertz CT molecular complexity index is 1070. The number of hydrogen-bond acceptors (Lipinski definition) is 3. The summed E-state index contributed by atoms with van der Waals surface area (Å²) in [6.45, 7) is 0.0693. The normalized spacial score (nSPS) is 23.2. The van der Waals surface area contributed by atoms with E-state index < -0.39 is 23.8 Å². The first-order valence-electron chi connectivity index (χ1n) is 10.9. The molecule has 1 fully saturated rings. The van der Waals surface area contributed by atoms with Crippen LogP contribution in [-0.2, 0) is 21.7 Å². The van der Waals surface area contributed by atoms with Crippen LogP contribution in [0.3, 0.4) is 0 Å². The molecule has 2 aromatic carbocycles. The third-order valence-corrected chi connectivity index (χ3v) is 6.73. The van der Waals surface area contributed by atoms with Crippen LogP contribution < -0.4 is 9.64 Å². The van der Waals surface area contributed by atoms with Crippen molar-refractivity contribution in [3.05, 3.63) is 70.8 Å². The molecule has 2 aromatic rings. The summed E-state index contributed by atoms with van der Waals surface area (Å²) in [4.78, 5) is 15.0. The molecule has 0 N–H and O–H groups in total. The lowest BCUT2D eigenvalue weighted by molar-refractivity contribution is -0.272. The van der Waals surface area contributed by atoms with E-state index in [2.05, 4.69) is 15.9 Å². The summed E-state index contributed by atoms with van der Waals surface area (Å²) in [6.07, 6.45) is -1.76. The Balaban J connectivity index is 1.89. The Kier molecular flexibility index (Phi) is 7.31. The fraction of sp³-hybridized carbons (Fsp3) is 0.400. The van der Waals surface area contributed by atoms with Gasteiger partial charge in [-0.05, 0) is 67.2 Å².